The zero-order valence-electron chi connectivity index (χ0n) is 16.1. The van der Waals surface area contributed by atoms with Crippen molar-refractivity contribution in [3.63, 3.8) is 0 Å². The van der Waals surface area contributed by atoms with Gasteiger partial charge in [0.1, 0.15) is 11.5 Å². The van der Waals surface area contributed by atoms with Gasteiger partial charge in [0.2, 0.25) is 5.91 Å². The maximum atomic E-state index is 12.6. The van der Waals surface area contributed by atoms with Crippen molar-refractivity contribution >= 4 is 23.2 Å². The summed E-state index contributed by atoms with van der Waals surface area (Å²) in [6, 6.07) is 18.5. The monoisotopic (exact) mass is 406 g/mol. The van der Waals surface area contributed by atoms with Gasteiger partial charge >= 0.3 is 0 Å². The van der Waals surface area contributed by atoms with Crippen LogP contribution in [0.15, 0.2) is 66.0 Å². The Balaban J connectivity index is 1.32. The van der Waals surface area contributed by atoms with Gasteiger partial charge in [-0.05, 0) is 66.8 Å². The number of amides is 2. The quantitative estimate of drug-likeness (QED) is 0.683. The van der Waals surface area contributed by atoms with E-state index in [0.29, 0.717) is 17.9 Å². The van der Waals surface area contributed by atoms with Gasteiger partial charge in [0, 0.05) is 17.0 Å². The Labute approximate surface area is 173 Å². The number of carbonyl (C=O) groups excluding carboxylic acids is 2. The minimum absolute atomic E-state index is 0.00902. The van der Waals surface area contributed by atoms with Crippen molar-refractivity contribution < 1.29 is 14.3 Å². The normalized spacial score (nSPS) is 15.5. The second-order valence-corrected chi connectivity index (χ2v) is 7.94. The molecule has 0 spiro atoms. The Morgan fingerprint density at radius 3 is 2.55 bits per heavy atom. The summed E-state index contributed by atoms with van der Waals surface area (Å²) >= 11 is 1.74. The summed E-state index contributed by atoms with van der Waals surface area (Å²) in [6.45, 7) is 2.72. The zero-order valence-corrected chi connectivity index (χ0v) is 16.9. The fourth-order valence-corrected chi connectivity index (χ4v) is 4.47. The highest BCUT2D eigenvalue weighted by Crippen LogP contribution is 2.32. The lowest BCUT2D eigenvalue weighted by Gasteiger charge is -2.33. The standard InChI is InChI=1S/C23H22N2O3S/c1-16-20-12-14-29-21(20)11-13-25(16)22(26)15-24-23(27)17-7-9-19(10-8-17)28-18-5-3-2-4-6-18/h2-10,12,14,16H,11,13,15H2,1H3,(H,24,27)/t16-/m1/s1. The number of carbonyl (C=O) groups is 2. The topological polar surface area (TPSA) is 58.6 Å². The number of hydrogen-bond acceptors (Lipinski definition) is 4. The first-order chi connectivity index (χ1) is 14.1. The number of nitrogens with one attached hydrogen (secondary N) is 1. The minimum atomic E-state index is -0.273. The smallest absolute Gasteiger partial charge is 0.251 e. The lowest BCUT2D eigenvalue weighted by Crippen LogP contribution is -2.44. The third-order valence-electron chi connectivity index (χ3n) is 5.09. The molecule has 1 aliphatic heterocycles. The number of benzene rings is 2. The summed E-state index contributed by atoms with van der Waals surface area (Å²) in [4.78, 5) is 28.2. The van der Waals surface area contributed by atoms with Crippen molar-refractivity contribution in [3.05, 3.63) is 82.0 Å². The van der Waals surface area contributed by atoms with Gasteiger partial charge in [0.15, 0.2) is 0 Å². The molecular weight excluding hydrogens is 384 g/mol. The summed E-state index contributed by atoms with van der Waals surface area (Å²) in [5.74, 6) is 1.05. The fraction of sp³-hybridized carbons (Fsp3) is 0.217. The van der Waals surface area contributed by atoms with Gasteiger partial charge in [0.25, 0.3) is 5.91 Å². The summed E-state index contributed by atoms with van der Waals surface area (Å²) in [6.07, 6.45) is 0.875. The molecule has 2 amide bonds. The van der Waals surface area contributed by atoms with Crippen molar-refractivity contribution in [2.24, 2.45) is 0 Å². The van der Waals surface area contributed by atoms with E-state index in [9.17, 15) is 9.59 Å². The molecule has 0 bridgehead atoms. The molecule has 1 aliphatic rings. The van der Waals surface area contributed by atoms with Crippen LogP contribution in [0.3, 0.4) is 0 Å². The molecule has 0 fully saturated rings. The molecule has 2 aromatic carbocycles. The van der Waals surface area contributed by atoms with E-state index in [1.165, 1.54) is 10.4 Å². The average molecular weight is 407 g/mol. The summed E-state index contributed by atoms with van der Waals surface area (Å²) in [7, 11) is 0. The van der Waals surface area contributed by atoms with Crippen LogP contribution < -0.4 is 10.1 Å². The maximum Gasteiger partial charge on any atom is 0.251 e. The SMILES string of the molecule is C[C@@H]1c2ccsc2CCN1C(=O)CNC(=O)c1ccc(Oc2ccccc2)cc1. The highest BCUT2D eigenvalue weighted by atomic mass is 32.1. The van der Waals surface area contributed by atoms with Crippen LogP contribution in [0.2, 0.25) is 0 Å². The van der Waals surface area contributed by atoms with Crippen LogP contribution in [0, 0.1) is 0 Å². The third-order valence-corrected chi connectivity index (χ3v) is 6.09. The molecule has 0 radical (unpaired) electrons. The Hall–Kier alpha value is -3.12. The second-order valence-electron chi connectivity index (χ2n) is 6.93. The molecule has 2 heterocycles. The molecule has 1 aromatic heterocycles. The first-order valence-corrected chi connectivity index (χ1v) is 10.5. The van der Waals surface area contributed by atoms with E-state index in [0.717, 1.165) is 12.2 Å². The number of ether oxygens (including phenoxy) is 1. The number of rotatable bonds is 5. The number of nitrogens with zero attached hydrogens (tertiary/aromatic N) is 1. The molecular formula is C23H22N2O3S. The Kier molecular flexibility index (Phi) is 5.62. The molecule has 0 aliphatic carbocycles. The van der Waals surface area contributed by atoms with Crippen LogP contribution in [0.5, 0.6) is 11.5 Å². The van der Waals surface area contributed by atoms with E-state index in [1.54, 1.807) is 35.6 Å². The minimum Gasteiger partial charge on any atom is -0.457 e. The van der Waals surface area contributed by atoms with Gasteiger partial charge in [-0.25, -0.2) is 0 Å². The molecule has 1 atom stereocenters. The molecule has 148 valence electrons. The van der Waals surface area contributed by atoms with Crippen LogP contribution >= 0.6 is 11.3 Å². The largest absolute Gasteiger partial charge is 0.457 e. The molecule has 29 heavy (non-hydrogen) atoms. The summed E-state index contributed by atoms with van der Waals surface area (Å²) < 4.78 is 5.73. The van der Waals surface area contributed by atoms with Crippen molar-refractivity contribution in [1.29, 1.82) is 0 Å². The van der Waals surface area contributed by atoms with Crippen molar-refractivity contribution in [1.82, 2.24) is 10.2 Å². The van der Waals surface area contributed by atoms with E-state index < -0.39 is 0 Å². The molecule has 6 heteroatoms. The van der Waals surface area contributed by atoms with Gasteiger partial charge in [-0.15, -0.1) is 11.3 Å². The van der Waals surface area contributed by atoms with Gasteiger partial charge in [-0.2, -0.15) is 0 Å². The molecule has 5 nitrogen and oxygen atoms in total. The fourth-order valence-electron chi connectivity index (χ4n) is 3.51. The van der Waals surface area contributed by atoms with E-state index in [4.69, 9.17) is 4.74 Å². The highest BCUT2D eigenvalue weighted by molar-refractivity contribution is 7.10. The van der Waals surface area contributed by atoms with Gasteiger partial charge in [-0.1, -0.05) is 18.2 Å². The highest BCUT2D eigenvalue weighted by Gasteiger charge is 2.28. The molecule has 4 rings (SSSR count). The Morgan fingerprint density at radius 1 is 1.07 bits per heavy atom. The molecule has 0 saturated carbocycles. The lowest BCUT2D eigenvalue weighted by molar-refractivity contribution is -0.132. The van der Waals surface area contributed by atoms with E-state index in [-0.39, 0.29) is 24.4 Å². The Bertz CT molecular complexity index is 998. The molecule has 0 unspecified atom stereocenters. The summed E-state index contributed by atoms with van der Waals surface area (Å²) in [5.41, 5.74) is 1.71. The predicted molar refractivity (Wildman–Crippen MR) is 113 cm³/mol. The summed E-state index contributed by atoms with van der Waals surface area (Å²) in [5, 5.41) is 4.81. The zero-order chi connectivity index (χ0) is 20.2. The van der Waals surface area contributed by atoms with Crippen LogP contribution in [0.25, 0.3) is 0 Å². The van der Waals surface area contributed by atoms with Crippen LogP contribution in [-0.4, -0.2) is 29.8 Å². The number of hydrogen-bond donors (Lipinski definition) is 1. The Morgan fingerprint density at radius 2 is 1.79 bits per heavy atom. The van der Waals surface area contributed by atoms with E-state index in [2.05, 4.69) is 16.8 Å². The number of para-hydroxylation sites is 1. The molecule has 0 saturated heterocycles. The van der Waals surface area contributed by atoms with Crippen molar-refractivity contribution in [3.8, 4) is 11.5 Å². The van der Waals surface area contributed by atoms with E-state index >= 15 is 0 Å². The van der Waals surface area contributed by atoms with Gasteiger partial charge in [0.05, 0.1) is 12.6 Å². The average Bonchev–Trinajstić information content (AvgIpc) is 3.23. The third kappa shape index (κ3) is 4.32. The predicted octanol–water partition coefficient (Wildman–Crippen LogP) is 4.42. The first kappa shape index (κ1) is 19.2. The maximum absolute atomic E-state index is 12.6. The van der Waals surface area contributed by atoms with E-state index in [1.807, 2.05) is 42.2 Å². The lowest BCUT2D eigenvalue weighted by atomic mass is 10.0. The number of fused-ring (bicyclic) bond motifs is 1. The van der Waals surface area contributed by atoms with Crippen molar-refractivity contribution in [2.75, 3.05) is 13.1 Å². The van der Waals surface area contributed by atoms with Gasteiger partial charge in [-0.3, -0.25) is 9.59 Å². The first-order valence-electron chi connectivity index (χ1n) is 9.59. The van der Waals surface area contributed by atoms with Crippen LogP contribution in [0.4, 0.5) is 0 Å². The molecule has 1 N–H and O–H groups in total. The van der Waals surface area contributed by atoms with Crippen LogP contribution in [0.1, 0.15) is 33.8 Å². The second kappa shape index (κ2) is 8.49. The van der Waals surface area contributed by atoms with Gasteiger partial charge < -0.3 is 15.0 Å². The van der Waals surface area contributed by atoms with Crippen molar-refractivity contribution in [2.45, 2.75) is 19.4 Å². The molecule has 3 aromatic rings. The number of thiophene rings is 1. The van der Waals surface area contributed by atoms with Crippen LogP contribution in [-0.2, 0) is 11.2 Å².